The van der Waals surface area contributed by atoms with E-state index in [9.17, 15) is 24.0 Å². The van der Waals surface area contributed by atoms with Crippen molar-refractivity contribution in [2.75, 3.05) is 13.7 Å². The summed E-state index contributed by atoms with van der Waals surface area (Å²) in [4.78, 5) is 62.6. The summed E-state index contributed by atoms with van der Waals surface area (Å²) < 4.78 is 16.1. The summed E-state index contributed by atoms with van der Waals surface area (Å²) in [6.07, 6.45) is 7.91. The highest BCUT2D eigenvalue weighted by Crippen LogP contribution is 2.69. The van der Waals surface area contributed by atoms with E-state index in [4.69, 9.17) is 14.2 Å². The Labute approximate surface area is 205 Å². The molecule has 7 unspecified atom stereocenters. The molecule has 0 heterocycles. The fourth-order valence-electron chi connectivity index (χ4n) is 7.96. The SMILES string of the molecule is COC(=O)C1CC2(C)C(CCC2(OC(C)=O)C(=O)COC(C)=O)C2CCC3=CC(=O)C=CC3(C)C12. The van der Waals surface area contributed by atoms with Crippen molar-refractivity contribution in [3.05, 3.63) is 23.8 Å². The summed E-state index contributed by atoms with van der Waals surface area (Å²) in [6.45, 7) is 6.01. The number of rotatable bonds is 5. The Bertz CT molecular complexity index is 1040. The number of Topliss-reactive ketones (excluding diaryl/α,β-unsaturated/α-hetero) is 1. The third-order valence-corrected chi connectivity index (χ3v) is 9.32. The van der Waals surface area contributed by atoms with Gasteiger partial charge in [-0.15, -0.1) is 0 Å². The van der Waals surface area contributed by atoms with Gasteiger partial charge in [-0.25, -0.2) is 0 Å². The van der Waals surface area contributed by atoms with Crippen LogP contribution in [0.2, 0.25) is 0 Å². The van der Waals surface area contributed by atoms with Crippen LogP contribution in [0.4, 0.5) is 0 Å². The number of methoxy groups -OCH3 is 1. The summed E-state index contributed by atoms with van der Waals surface area (Å²) in [6, 6.07) is 0. The Balaban J connectivity index is 1.81. The van der Waals surface area contributed by atoms with Gasteiger partial charge in [0.1, 0.15) is 0 Å². The predicted molar refractivity (Wildman–Crippen MR) is 124 cm³/mol. The highest BCUT2D eigenvalue weighted by atomic mass is 16.6. The van der Waals surface area contributed by atoms with Gasteiger partial charge in [0.05, 0.1) is 13.0 Å². The van der Waals surface area contributed by atoms with Gasteiger partial charge in [-0.3, -0.25) is 24.0 Å². The molecule has 3 saturated carbocycles. The fraction of sp³-hybridized carbons (Fsp3) is 0.667. The zero-order valence-electron chi connectivity index (χ0n) is 21.1. The standard InChI is InChI=1S/C27H34O8/c1-15(28)34-14-22(31)27(35-16(2)29)11-9-21-19-7-6-17-12-18(30)8-10-25(17,3)23(19)20(24(32)33-5)13-26(21,27)4/h8,10,12,19-21,23H,6-7,9,11,13-14H2,1-5H3. The number of allylic oxidation sites excluding steroid dienone is 4. The third-order valence-electron chi connectivity index (χ3n) is 9.32. The lowest BCUT2D eigenvalue weighted by atomic mass is 9.44. The number of carbonyl (C=O) groups is 5. The maximum atomic E-state index is 13.6. The van der Waals surface area contributed by atoms with Crippen molar-refractivity contribution in [3.8, 4) is 0 Å². The molecule has 0 aromatic rings. The van der Waals surface area contributed by atoms with Crippen molar-refractivity contribution in [2.24, 2.45) is 34.5 Å². The van der Waals surface area contributed by atoms with Crippen molar-refractivity contribution >= 4 is 29.5 Å². The number of fused-ring (bicyclic) bond motifs is 5. The summed E-state index contributed by atoms with van der Waals surface area (Å²) in [7, 11) is 1.35. The quantitative estimate of drug-likeness (QED) is 0.430. The molecule has 0 aromatic heterocycles. The summed E-state index contributed by atoms with van der Waals surface area (Å²) in [5.74, 6) is -2.68. The number of ether oxygens (including phenoxy) is 3. The monoisotopic (exact) mass is 486 g/mol. The molecule has 7 atom stereocenters. The first-order valence-electron chi connectivity index (χ1n) is 12.3. The Kier molecular flexibility index (Phi) is 6.31. The van der Waals surface area contributed by atoms with Crippen molar-refractivity contribution in [1.29, 1.82) is 0 Å². The molecule has 0 aliphatic heterocycles. The minimum Gasteiger partial charge on any atom is -0.469 e. The maximum Gasteiger partial charge on any atom is 0.309 e. The molecule has 190 valence electrons. The van der Waals surface area contributed by atoms with Crippen LogP contribution in [0.5, 0.6) is 0 Å². The van der Waals surface area contributed by atoms with Crippen LogP contribution in [0.25, 0.3) is 0 Å². The second-order valence-electron chi connectivity index (χ2n) is 10.9. The van der Waals surface area contributed by atoms with E-state index >= 15 is 0 Å². The smallest absolute Gasteiger partial charge is 0.309 e. The molecular formula is C27H34O8. The Morgan fingerprint density at radius 2 is 1.80 bits per heavy atom. The van der Waals surface area contributed by atoms with E-state index in [0.29, 0.717) is 12.8 Å². The van der Waals surface area contributed by atoms with Gasteiger partial charge in [0.25, 0.3) is 0 Å². The molecular weight excluding hydrogens is 452 g/mol. The third kappa shape index (κ3) is 3.76. The van der Waals surface area contributed by atoms with Crippen LogP contribution in [0.15, 0.2) is 23.8 Å². The molecule has 4 aliphatic rings. The largest absolute Gasteiger partial charge is 0.469 e. The number of hydrogen-bond donors (Lipinski definition) is 0. The van der Waals surface area contributed by atoms with E-state index in [2.05, 4.69) is 6.92 Å². The maximum absolute atomic E-state index is 13.6. The highest BCUT2D eigenvalue weighted by Gasteiger charge is 2.71. The molecule has 0 amide bonds. The van der Waals surface area contributed by atoms with Crippen LogP contribution in [-0.2, 0) is 38.2 Å². The van der Waals surface area contributed by atoms with Gasteiger partial charge < -0.3 is 14.2 Å². The molecule has 0 radical (unpaired) electrons. The highest BCUT2D eigenvalue weighted by molar-refractivity contribution is 6.01. The van der Waals surface area contributed by atoms with E-state index in [0.717, 1.165) is 18.4 Å². The van der Waals surface area contributed by atoms with Crippen LogP contribution in [0.3, 0.4) is 0 Å². The minimum atomic E-state index is -1.49. The van der Waals surface area contributed by atoms with Crippen LogP contribution >= 0.6 is 0 Å². The van der Waals surface area contributed by atoms with Gasteiger partial charge in [-0.2, -0.15) is 0 Å². The Hall–Kier alpha value is -2.77. The first kappa shape index (κ1) is 25.3. The van der Waals surface area contributed by atoms with Crippen LogP contribution in [-0.4, -0.2) is 48.8 Å². The van der Waals surface area contributed by atoms with Gasteiger partial charge in [0, 0.05) is 24.7 Å². The molecule has 0 aromatic carbocycles. The zero-order chi connectivity index (χ0) is 25.8. The summed E-state index contributed by atoms with van der Waals surface area (Å²) in [5, 5.41) is 0. The molecule has 0 saturated heterocycles. The summed E-state index contributed by atoms with van der Waals surface area (Å²) >= 11 is 0. The molecule has 35 heavy (non-hydrogen) atoms. The van der Waals surface area contributed by atoms with Gasteiger partial charge in [0.2, 0.25) is 5.78 Å². The van der Waals surface area contributed by atoms with Crippen molar-refractivity contribution in [2.45, 2.75) is 65.4 Å². The van der Waals surface area contributed by atoms with Gasteiger partial charge in [-0.1, -0.05) is 25.5 Å². The average Bonchev–Trinajstić information content (AvgIpc) is 3.09. The van der Waals surface area contributed by atoms with E-state index in [1.807, 2.05) is 13.0 Å². The van der Waals surface area contributed by atoms with Crippen LogP contribution in [0.1, 0.15) is 59.8 Å². The first-order chi connectivity index (χ1) is 16.4. The van der Waals surface area contributed by atoms with E-state index < -0.39 is 46.7 Å². The molecule has 0 bridgehead atoms. The molecule has 4 aliphatic carbocycles. The molecule has 8 nitrogen and oxygen atoms in total. The fourth-order valence-corrected chi connectivity index (χ4v) is 7.96. The topological polar surface area (TPSA) is 113 Å². The van der Waals surface area contributed by atoms with Crippen molar-refractivity contribution < 1.29 is 38.2 Å². The van der Waals surface area contributed by atoms with Crippen molar-refractivity contribution in [1.82, 2.24) is 0 Å². The number of esters is 3. The Morgan fingerprint density at radius 3 is 2.43 bits per heavy atom. The lowest BCUT2D eigenvalue weighted by molar-refractivity contribution is -0.197. The predicted octanol–water partition coefficient (Wildman–Crippen LogP) is 3.13. The second-order valence-corrected chi connectivity index (χ2v) is 10.9. The van der Waals surface area contributed by atoms with E-state index in [-0.39, 0.29) is 35.9 Å². The van der Waals surface area contributed by atoms with E-state index in [1.165, 1.54) is 21.0 Å². The van der Waals surface area contributed by atoms with Gasteiger partial charge >= 0.3 is 17.9 Å². The van der Waals surface area contributed by atoms with Crippen LogP contribution < -0.4 is 0 Å². The zero-order valence-corrected chi connectivity index (χ0v) is 21.1. The lowest BCUT2D eigenvalue weighted by Crippen LogP contribution is -2.62. The van der Waals surface area contributed by atoms with Crippen molar-refractivity contribution in [3.63, 3.8) is 0 Å². The summed E-state index contributed by atoms with van der Waals surface area (Å²) in [5.41, 5.74) is -1.79. The normalized spacial score (nSPS) is 39.5. The molecule has 0 N–H and O–H groups in total. The van der Waals surface area contributed by atoms with Crippen LogP contribution in [0, 0.1) is 34.5 Å². The lowest BCUT2D eigenvalue weighted by Gasteiger charge is -2.60. The number of carbonyl (C=O) groups excluding carboxylic acids is 5. The molecule has 4 rings (SSSR count). The number of ketones is 2. The van der Waals surface area contributed by atoms with Gasteiger partial charge in [-0.05, 0) is 62.0 Å². The number of hydrogen-bond acceptors (Lipinski definition) is 8. The molecule has 0 spiro atoms. The second kappa shape index (κ2) is 8.71. The van der Waals surface area contributed by atoms with Gasteiger partial charge in [0.15, 0.2) is 18.0 Å². The first-order valence-corrected chi connectivity index (χ1v) is 12.3. The minimum absolute atomic E-state index is 0.00145. The van der Waals surface area contributed by atoms with E-state index in [1.54, 1.807) is 12.2 Å². The Morgan fingerprint density at radius 1 is 1.09 bits per heavy atom. The average molecular weight is 487 g/mol. The molecule has 8 heteroatoms. The molecule has 3 fully saturated rings.